The maximum Gasteiger partial charge on any atom is 0.115 e. The number of hydrogen-bond acceptors (Lipinski definition) is 1. The van der Waals surface area contributed by atoms with Crippen molar-refractivity contribution in [2.45, 2.75) is 77.3 Å². The standard InChI is InChI=1S/C24H34ClFO/c1-15-7-10-20-22-16(6-4-3-5-11-25)12-17-13-18(27)8-9-19(17)23(22)21(26)14-24(15,20)2/h8-9,13,15-16,20-23,27H,3-7,10-12,14H2,1-2H3/t15?,16?,20?,21-,22?,23?,24+/m0/s1. The number of halogens is 2. The van der Waals surface area contributed by atoms with Crippen LogP contribution >= 0.6 is 11.6 Å². The minimum atomic E-state index is -0.759. The van der Waals surface area contributed by atoms with Gasteiger partial charge in [0.1, 0.15) is 11.9 Å². The topological polar surface area (TPSA) is 20.2 Å². The summed E-state index contributed by atoms with van der Waals surface area (Å²) in [5.74, 6) is 3.33. The van der Waals surface area contributed by atoms with Gasteiger partial charge in [0.2, 0.25) is 0 Å². The van der Waals surface area contributed by atoms with Gasteiger partial charge in [0, 0.05) is 11.8 Å². The van der Waals surface area contributed by atoms with Gasteiger partial charge in [-0.2, -0.15) is 0 Å². The predicted octanol–water partition coefficient (Wildman–Crippen LogP) is 6.86. The molecule has 2 saturated carbocycles. The van der Waals surface area contributed by atoms with Crippen molar-refractivity contribution in [1.82, 2.24) is 0 Å². The summed E-state index contributed by atoms with van der Waals surface area (Å²) in [5.41, 5.74) is 2.53. The van der Waals surface area contributed by atoms with E-state index in [-0.39, 0.29) is 11.3 Å². The van der Waals surface area contributed by atoms with Gasteiger partial charge in [0.25, 0.3) is 0 Å². The molecule has 0 heterocycles. The molecule has 0 aliphatic heterocycles. The fourth-order valence-corrected chi connectivity index (χ4v) is 7.18. The Balaban J connectivity index is 1.69. The average molecular weight is 393 g/mol. The summed E-state index contributed by atoms with van der Waals surface area (Å²) < 4.78 is 15.7. The van der Waals surface area contributed by atoms with Crippen LogP contribution in [-0.2, 0) is 6.42 Å². The smallest absolute Gasteiger partial charge is 0.115 e. The van der Waals surface area contributed by atoms with Crippen LogP contribution in [0.25, 0.3) is 0 Å². The van der Waals surface area contributed by atoms with E-state index in [1.54, 1.807) is 6.07 Å². The number of unbranched alkanes of at least 4 members (excludes halogenated alkanes) is 2. The van der Waals surface area contributed by atoms with Crippen LogP contribution < -0.4 is 0 Å². The molecule has 0 radical (unpaired) electrons. The number of phenolic OH excluding ortho intramolecular Hbond substituents is 1. The van der Waals surface area contributed by atoms with Gasteiger partial charge in [0.05, 0.1) is 0 Å². The summed E-state index contributed by atoms with van der Waals surface area (Å²) in [6.45, 7) is 4.71. The van der Waals surface area contributed by atoms with Crippen molar-refractivity contribution in [2.75, 3.05) is 5.88 Å². The van der Waals surface area contributed by atoms with Crippen molar-refractivity contribution in [3.63, 3.8) is 0 Å². The SMILES string of the molecule is CC1CCC2C3C(CCCCCCl)Cc4cc(O)ccc4C3[C@@H](F)C[C@]12C. The Bertz CT molecular complexity index is 676. The molecular formula is C24H34ClFO. The van der Waals surface area contributed by atoms with E-state index in [2.05, 4.69) is 13.8 Å². The summed E-state index contributed by atoms with van der Waals surface area (Å²) in [6, 6.07) is 5.67. The molecule has 1 N–H and O–H groups in total. The second-order valence-electron chi connectivity index (χ2n) is 9.80. The van der Waals surface area contributed by atoms with Crippen LogP contribution in [0.4, 0.5) is 4.39 Å². The first-order valence-corrected chi connectivity index (χ1v) is 11.5. The van der Waals surface area contributed by atoms with Gasteiger partial charge in [0.15, 0.2) is 0 Å². The van der Waals surface area contributed by atoms with Gasteiger partial charge in [-0.25, -0.2) is 4.39 Å². The van der Waals surface area contributed by atoms with E-state index in [0.29, 0.717) is 35.8 Å². The number of benzene rings is 1. The number of alkyl halides is 2. The van der Waals surface area contributed by atoms with E-state index in [4.69, 9.17) is 11.6 Å². The van der Waals surface area contributed by atoms with Crippen molar-refractivity contribution in [3.05, 3.63) is 29.3 Å². The van der Waals surface area contributed by atoms with Gasteiger partial charge < -0.3 is 5.11 Å². The Morgan fingerprint density at radius 1 is 1.22 bits per heavy atom. The molecule has 150 valence electrons. The van der Waals surface area contributed by atoms with Crippen LogP contribution in [0.1, 0.15) is 75.8 Å². The molecule has 0 bridgehead atoms. The third-order valence-corrected chi connectivity index (χ3v) is 8.78. The molecule has 1 aromatic rings. The molecule has 1 aromatic carbocycles. The lowest BCUT2D eigenvalue weighted by Crippen LogP contribution is -2.50. The Hall–Kier alpha value is -0.760. The second kappa shape index (κ2) is 7.58. The number of rotatable bonds is 5. The Morgan fingerprint density at radius 2 is 2.04 bits per heavy atom. The summed E-state index contributed by atoms with van der Waals surface area (Å²) >= 11 is 5.87. The molecule has 1 nitrogen and oxygen atoms in total. The number of fused-ring (bicyclic) bond motifs is 5. The molecule has 0 amide bonds. The zero-order valence-electron chi connectivity index (χ0n) is 16.8. The molecule has 27 heavy (non-hydrogen) atoms. The maximum absolute atomic E-state index is 15.7. The van der Waals surface area contributed by atoms with Gasteiger partial charge in [-0.05, 0) is 90.9 Å². The minimum Gasteiger partial charge on any atom is -0.508 e. The Labute approximate surface area is 168 Å². The quantitative estimate of drug-likeness (QED) is 0.428. The van der Waals surface area contributed by atoms with Crippen LogP contribution in [0.2, 0.25) is 0 Å². The fraction of sp³-hybridized carbons (Fsp3) is 0.750. The lowest BCUT2D eigenvalue weighted by Gasteiger charge is -2.55. The average Bonchev–Trinajstić information content (AvgIpc) is 2.92. The van der Waals surface area contributed by atoms with Crippen LogP contribution in [-0.4, -0.2) is 17.2 Å². The number of aromatic hydroxyl groups is 1. The number of phenols is 1. The Kier molecular flexibility index (Phi) is 5.49. The molecule has 3 aliphatic rings. The maximum atomic E-state index is 15.7. The summed E-state index contributed by atoms with van der Waals surface area (Å²) in [4.78, 5) is 0. The highest BCUT2D eigenvalue weighted by Gasteiger charge is 2.58. The normalized spacial score (nSPS) is 40.3. The Morgan fingerprint density at radius 3 is 2.81 bits per heavy atom. The van der Waals surface area contributed by atoms with Crippen LogP contribution in [0, 0.1) is 29.1 Å². The monoisotopic (exact) mass is 392 g/mol. The van der Waals surface area contributed by atoms with E-state index in [0.717, 1.165) is 18.7 Å². The van der Waals surface area contributed by atoms with Crippen LogP contribution in [0.5, 0.6) is 5.75 Å². The summed E-state index contributed by atoms with van der Waals surface area (Å²) in [7, 11) is 0. The van der Waals surface area contributed by atoms with Gasteiger partial charge in [-0.1, -0.05) is 32.8 Å². The predicted molar refractivity (Wildman–Crippen MR) is 110 cm³/mol. The van der Waals surface area contributed by atoms with Gasteiger partial charge in [-0.15, -0.1) is 11.6 Å². The minimum absolute atomic E-state index is 0.0238. The summed E-state index contributed by atoms with van der Waals surface area (Å²) in [5, 5.41) is 10.0. The molecule has 2 fully saturated rings. The van der Waals surface area contributed by atoms with E-state index < -0.39 is 6.17 Å². The highest BCUT2D eigenvalue weighted by molar-refractivity contribution is 6.17. The molecule has 7 atom stereocenters. The van der Waals surface area contributed by atoms with Crippen molar-refractivity contribution >= 4 is 11.6 Å². The van der Waals surface area contributed by atoms with Gasteiger partial charge in [-0.3, -0.25) is 0 Å². The van der Waals surface area contributed by atoms with Gasteiger partial charge >= 0.3 is 0 Å². The zero-order chi connectivity index (χ0) is 19.2. The van der Waals surface area contributed by atoms with E-state index in [1.165, 1.54) is 43.2 Å². The van der Waals surface area contributed by atoms with Crippen molar-refractivity contribution in [1.29, 1.82) is 0 Å². The molecular weight excluding hydrogens is 359 g/mol. The molecule has 0 saturated heterocycles. The highest BCUT2D eigenvalue weighted by atomic mass is 35.5. The zero-order valence-corrected chi connectivity index (χ0v) is 17.5. The first-order valence-electron chi connectivity index (χ1n) is 11.0. The van der Waals surface area contributed by atoms with Crippen LogP contribution in [0.3, 0.4) is 0 Å². The van der Waals surface area contributed by atoms with Crippen molar-refractivity contribution in [3.8, 4) is 5.75 Å². The molecule has 3 heteroatoms. The molecule has 0 aromatic heterocycles. The highest BCUT2D eigenvalue weighted by Crippen LogP contribution is 2.65. The third kappa shape index (κ3) is 3.30. The molecule has 3 aliphatic carbocycles. The van der Waals surface area contributed by atoms with Crippen LogP contribution in [0.15, 0.2) is 18.2 Å². The molecule has 4 rings (SSSR count). The third-order valence-electron chi connectivity index (χ3n) is 8.51. The molecule has 0 spiro atoms. The lowest BCUT2D eigenvalue weighted by atomic mass is 9.50. The molecule has 5 unspecified atom stereocenters. The number of hydrogen-bond donors (Lipinski definition) is 1. The van der Waals surface area contributed by atoms with E-state index in [9.17, 15) is 5.11 Å². The van der Waals surface area contributed by atoms with E-state index >= 15 is 4.39 Å². The van der Waals surface area contributed by atoms with Crippen molar-refractivity contribution in [2.24, 2.45) is 29.1 Å². The fourth-order valence-electron chi connectivity index (χ4n) is 6.99. The second-order valence-corrected chi connectivity index (χ2v) is 10.2. The lowest BCUT2D eigenvalue weighted by molar-refractivity contribution is -0.0421. The van der Waals surface area contributed by atoms with E-state index in [1.807, 2.05) is 12.1 Å². The summed E-state index contributed by atoms with van der Waals surface area (Å²) in [6.07, 6.45) is 8.05. The van der Waals surface area contributed by atoms with Crippen molar-refractivity contribution < 1.29 is 9.50 Å². The largest absolute Gasteiger partial charge is 0.508 e. The first kappa shape index (κ1) is 19.6. The first-order chi connectivity index (χ1) is 13.0.